The maximum absolute atomic E-state index is 6.24. The minimum absolute atomic E-state index is 0.745. The summed E-state index contributed by atoms with van der Waals surface area (Å²) < 4.78 is 0. The molecule has 2 aromatic heterocycles. The van der Waals surface area contributed by atoms with Gasteiger partial charge < -0.3 is 21.3 Å². The summed E-state index contributed by atoms with van der Waals surface area (Å²) in [6, 6.07) is 20.6. The zero-order valence-corrected chi connectivity index (χ0v) is 26.0. The van der Waals surface area contributed by atoms with Gasteiger partial charge in [0.15, 0.2) is 0 Å². The van der Waals surface area contributed by atoms with Gasteiger partial charge >= 0.3 is 0 Å². The number of hydrogen-bond acceptors (Lipinski definition) is 9. The Hall–Kier alpha value is -2.95. The van der Waals surface area contributed by atoms with Crippen LogP contribution in [-0.4, -0.2) is 108 Å². The monoisotopic (exact) mass is 586 g/mol. The second-order valence-electron chi connectivity index (χ2n) is 11.6. The lowest BCUT2D eigenvalue weighted by molar-refractivity contribution is 0.204. The van der Waals surface area contributed by atoms with Crippen LogP contribution in [0.4, 0.5) is 11.4 Å². The first-order valence-electron chi connectivity index (χ1n) is 15.1. The molecule has 0 aliphatic carbocycles. The number of aromatic nitrogens is 2. The molecule has 1 fully saturated rings. The van der Waals surface area contributed by atoms with E-state index in [0.717, 1.165) is 122 Å². The zero-order chi connectivity index (χ0) is 29.3. The van der Waals surface area contributed by atoms with Crippen LogP contribution >= 0.6 is 11.8 Å². The fourth-order valence-electron chi connectivity index (χ4n) is 5.54. The topological polar surface area (TPSA) is 90.8 Å². The minimum Gasteiger partial charge on any atom is -0.397 e. The minimum atomic E-state index is 0.745. The number of nitrogen functional groups attached to an aromatic ring is 2. The van der Waals surface area contributed by atoms with E-state index in [1.54, 1.807) is 0 Å². The predicted molar refractivity (Wildman–Crippen MR) is 180 cm³/mol. The molecule has 0 radical (unpaired) electrons. The molecule has 5 rings (SSSR count). The highest BCUT2D eigenvalue weighted by Gasteiger charge is 2.14. The second kappa shape index (κ2) is 15.0. The first kappa shape index (κ1) is 30.5. The predicted octanol–water partition coefficient (Wildman–Crippen LogP) is 4.25. The standard InChI is InChI=1S/C33H46N8S/c1-38-14-5-15-39(2)17-19-41(25-29-13-11-27-7-4-9-31(35)33(27)37-29)21-23-42-22-20-40(18-16-38)24-28-12-10-26-6-3-8-30(34)32(26)36-28/h3-4,6-13H,5,14-25,34-35H2,1-2H3. The third-order valence-corrected chi connectivity index (χ3v) is 9.11. The van der Waals surface area contributed by atoms with E-state index in [1.165, 1.54) is 6.42 Å². The van der Waals surface area contributed by atoms with E-state index in [1.807, 2.05) is 36.0 Å². The SMILES string of the molecule is CN1CCCN(C)CCN(Cc2ccc3cccc(N)c3n2)CCSCCN(Cc2ccc3cccc(N)c3n2)CC1. The molecule has 1 aliphatic heterocycles. The number of likely N-dealkylation sites (N-methyl/N-ethyl adjacent to an activating group) is 2. The first-order valence-corrected chi connectivity index (χ1v) is 16.3. The molecule has 224 valence electrons. The number of thioether (sulfide) groups is 1. The summed E-state index contributed by atoms with van der Waals surface area (Å²) in [6.07, 6.45) is 1.17. The third kappa shape index (κ3) is 8.55. The number of benzene rings is 2. The largest absolute Gasteiger partial charge is 0.397 e. The smallest absolute Gasteiger partial charge is 0.0935 e. The van der Waals surface area contributed by atoms with Crippen molar-refractivity contribution in [2.24, 2.45) is 0 Å². The molecule has 0 spiro atoms. The molecule has 42 heavy (non-hydrogen) atoms. The van der Waals surface area contributed by atoms with Gasteiger partial charge in [-0.3, -0.25) is 9.80 Å². The lowest BCUT2D eigenvalue weighted by Gasteiger charge is -2.28. The van der Waals surface area contributed by atoms with Crippen LogP contribution < -0.4 is 11.5 Å². The van der Waals surface area contributed by atoms with Crippen LogP contribution in [0.1, 0.15) is 17.8 Å². The number of nitrogens with zero attached hydrogens (tertiary/aromatic N) is 6. The second-order valence-corrected chi connectivity index (χ2v) is 12.8. The van der Waals surface area contributed by atoms with E-state index in [-0.39, 0.29) is 0 Å². The Morgan fingerprint density at radius 1 is 0.595 bits per heavy atom. The number of fused-ring (bicyclic) bond motifs is 2. The maximum Gasteiger partial charge on any atom is 0.0935 e. The van der Waals surface area contributed by atoms with Gasteiger partial charge in [-0.05, 0) is 57.9 Å². The van der Waals surface area contributed by atoms with Crippen LogP contribution in [0.15, 0.2) is 60.7 Å². The Labute approximate surface area is 255 Å². The van der Waals surface area contributed by atoms with Crippen molar-refractivity contribution in [2.75, 3.05) is 89.4 Å². The quantitative estimate of drug-likeness (QED) is 0.341. The van der Waals surface area contributed by atoms with Gasteiger partial charge in [-0.1, -0.05) is 36.4 Å². The molecule has 4 N–H and O–H groups in total. The van der Waals surface area contributed by atoms with E-state index < -0.39 is 0 Å². The van der Waals surface area contributed by atoms with Gasteiger partial charge in [0, 0.05) is 74.6 Å². The Morgan fingerprint density at radius 2 is 1.07 bits per heavy atom. The van der Waals surface area contributed by atoms with Crippen molar-refractivity contribution in [1.29, 1.82) is 0 Å². The number of hydrogen-bond donors (Lipinski definition) is 2. The Bertz CT molecular complexity index is 1340. The highest BCUT2D eigenvalue weighted by Crippen LogP contribution is 2.21. The molecule has 0 atom stereocenters. The van der Waals surface area contributed by atoms with Crippen molar-refractivity contribution in [3.63, 3.8) is 0 Å². The fourth-order valence-corrected chi connectivity index (χ4v) is 6.52. The number of nitrogens with two attached hydrogens (primary N) is 2. The van der Waals surface area contributed by atoms with E-state index in [0.29, 0.717) is 0 Å². The summed E-state index contributed by atoms with van der Waals surface area (Å²) in [5.41, 5.74) is 17.9. The van der Waals surface area contributed by atoms with Gasteiger partial charge in [-0.15, -0.1) is 0 Å². The van der Waals surface area contributed by atoms with E-state index in [9.17, 15) is 0 Å². The lowest BCUT2D eigenvalue weighted by Crippen LogP contribution is -2.38. The van der Waals surface area contributed by atoms with Gasteiger partial charge in [0.25, 0.3) is 0 Å². The van der Waals surface area contributed by atoms with E-state index in [2.05, 4.69) is 70.1 Å². The number of anilines is 2. The molecule has 0 unspecified atom stereocenters. The fraction of sp³-hybridized carbons (Fsp3) is 0.455. The highest BCUT2D eigenvalue weighted by atomic mass is 32.2. The van der Waals surface area contributed by atoms with Crippen LogP contribution in [0.5, 0.6) is 0 Å². The summed E-state index contributed by atoms with van der Waals surface area (Å²) in [5.74, 6) is 2.19. The molecule has 3 heterocycles. The molecule has 4 aromatic rings. The molecule has 0 saturated carbocycles. The van der Waals surface area contributed by atoms with Gasteiger partial charge in [0.1, 0.15) is 0 Å². The van der Waals surface area contributed by atoms with Crippen molar-refractivity contribution < 1.29 is 0 Å². The maximum atomic E-state index is 6.24. The van der Waals surface area contributed by atoms with Gasteiger partial charge in [-0.25, -0.2) is 9.97 Å². The zero-order valence-electron chi connectivity index (χ0n) is 25.2. The highest BCUT2D eigenvalue weighted by molar-refractivity contribution is 7.99. The van der Waals surface area contributed by atoms with Crippen molar-refractivity contribution in [2.45, 2.75) is 19.5 Å². The van der Waals surface area contributed by atoms with Crippen LogP contribution in [0.3, 0.4) is 0 Å². The van der Waals surface area contributed by atoms with Crippen LogP contribution in [0, 0.1) is 0 Å². The summed E-state index contributed by atoms with van der Waals surface area (Å²) in [7, 11) is 4.49. The average Bonchev–Trinajstić information content (AvgIpc) is 2.98. The molecule has 0 bridgehead atoms. The summed E-state index contributed by atoms with van der Waals surface area (Å²) in [4.78, 5) is 19.9. The molecule has 8 nitrogen and oxygen atoms in total. The molecule has 0 amide bonds. The Balaban J connectivity index is 1.23. The third-order valence-electron chi connectivity index (χ3n) is 8.17. The van der Waals surface area contributed by atoms with Crippen molar-refractivity contribution in [1.82, 2.24) is 29.6 Å². The summed E-state index contributed by atoms with van der Waals surface area (Å²) >= 11 is 2.04. The van der Waals surface area contributed by atoms with Gasteiger partial charge in [-0.2, -0.15) is 11.8 Å². The number of pyridine rings is 2. The van der Waals surface area contributed by atoms with Crippen molar-refractivity contribution in [3.8, 4) is 0 Å². The normalized spacial score (nSPS) is 18.5. The van der Waals surface area contributed by atoms with Crippen LogP contribution in [-0.2, 0) is 13.1 Å². The number of para-hydroxylation sites is 2. The lowest BCUT2D eigenvalue weighted by atomic mass is 10.1. The first-order chi connectivity index (χ1) is 20.4. The number of rotatable bonds is 4. The van der Waals surface area contributed by atoms with Crippen molar-refractivity contribution >= 4 is 44.9 Å². The molecule has 2 aromatic carbocycles. The molecule has 1 aliphatic rings. The average molecular weight is 587 g/mol. The van der Waals surface area contributed by atoms with Crippen LogP contribution in [0.2, 0.25) is 0 Å². The van der Waals surface area contributed by atoms with Gasteiger partial charge in [0.05, 0.1) is 33.8 Å². The van der Waals surface area contributed by atoms with Gasteiger partial charge in [0.2, 0.25) is 0 Å². The summed E-state index contributed by atoms with van der Waals surface area (Å²) in [6.45, 7) is 10.1. The Kier molecular flexibility index (Phi) is 10.9. The van der Waals surface area contributed by atoms with E-state index >= 15 is 0 Å². The molecule has 1 saturated heterocycles. The Morgan fingerprint density at radius 3 is 1.55 bits per heavy atom. The van der Waals surface area contributed by atoms with Crippen molar-refractivity contribution in [3.05, 3.63) is 72.1 Å². The molecular weight excluding hydrogens is 540 g/mol. The summed E-state index contributed by atoms with van der Waals surface area (Å²) in [5, 5.41) is 2.19. The molecular formula is C33H46N8S. The van der Waals surface area contributed by atoms with Crippen LogP contribution in [0.25, 0.3) is 21.8 Å². The van der Waals surface area contributed by atoms with E-state index in [4.69, 9.17) is 21.4 Å². The molecule has 9 heteroatoms.